The quantitative estimate of drug-likeness (QED) is 0.693. The third kappa shape index (κ3) is 1.67. The molecule has 1 aliphatic rings. The molecule has 0 amide bonds. The highest BCUT2D eigenvalue weighted by Crippen LogP contribution is 2.34. The summed E-state index contributed by atoms with van der Waals surface area (Å²) in [6.45, 7) is 3.61. The zero-order chi connectivity index (χ0) is 15.5. The Kier molecular flexibility index (Phi) is 2.57. The maximum absolute atomic E-state index is 12.9. The molecule has 0 aliphatic carbocycles. The van der Waals surface area contributed by atoms with Crippen LogP contribution in [0.4, 0.5) is 0 Å². The van der Waals surface area contributed by atoms with Gasteiger partial charge in [0, 0.05) is 12.0 Å². The average molecular weight is 292 g/mol. The standard InChI is InChI=1S/C18H16N2O2/c1-11-6-5-9-14-15(11)19-16-13-8-4-3-7-12(13)10-18(2,22)20(16)17(14)21/h3-9,22H,10H2,1-2H3. The van der Waals surface area contributed by atoms with Crippen LogP contribution in [0.2, 0.25) is 0 Å². The van der Waals surface area contributed by atoms with Gasteiger partial charge in [0.2, 0.25) is 0 Å². The first-order valence-corrected chi connectivity index (χ1v) is 7.32. The normalized spacial score (nSPS) is 19.8. The van der Waals surface area contributed by atoms with Crippen molar-refractivity contribution in [3.8, 4) is 11.4 Å². The first kappa shape index (κ1) is 13.2. The maximum Gasteiger partial charge on any atom is 0.264 e. The number of fused-ring (bicyclic) bond motifs is 4. The minimum absolute atomic E-state index is 0.191. The van der Waals surface area contributed by atoms with Crippen LogP contribution in [-0.2, 0) is 12.1 Å². The Morgan fingerprint density at radius 1 is 1.18 bits per heavy atom. The fourth-order valence-electron chi connectivity index (χ4n) is 3.31. The van der Waals surface area contributed by atoms with Gasteiger partial charge in [-0.15, -0.1) is 0 Å². The molecule has 4 rings (SSSR count). The second-order valence-corrected chi connectivity index (χ2v) is 6.10. The molecule has 22 heavy (non-hydrogen) atoms. The van der Waals surface area contributed by atoms with E-state index in [9.17, 15) is 9.90 Å². The number of aliphatic hydroxyl groups is 1. The maximum atomic E-state index is 12.9. The highest BCUT2D eigenvalue weighted by Gasteiger charge is 2.34. The van der Waals surface area contributed by atoms with Crippen molar-refractivity contribution in [2.24, 2.45) is 0 Å². The predicted molar refractivity (Wildman–Crippen MR) is 85.7 cm³/mol. The van der Waals surface area contributed by atoms with Crippen LogP contribution in [0.3, 0.4) is 0 Å². The van der Waals surface area contributed by atoms with Gasteiger partial charge in [0.15, 0.2) is 0 Å². The minimum Gasteiger partial charge on any atom is -0.370 e. The number of hydrogen-bond acceptors (Lipinski definition) is 3. The van der Waals surface area contributed by atoms with Gasteiger partial charge in [-0.25, -0.2) is 4.98 Å². The number of aromatic nitrogens is 2. The summed E-state index contributed by atoms with van der Waals surface area (Å²) >= 11 is 0. The molecule has 2 aromatic carbocycles. The Morgan fingerprint density at radius 2 is 1.95 bits per heavy atom. The second kappa shape index (κ2) is 4.27. The van der Waals surface area contributed by atoms with Crippen molar-refractivity contribution in [1.29, 1.82) is 0 Å². The number of aryl methyl sites for hydroxylation is 1. The van der Waals surface area contributed by atoms with Gasteiger partial charge in [-0.05, 0) is 31.0 Å². The van der Waals surface area contributed by atoms with Crippen molar-refractivity contribution >= 4 is 10.9 Å². The van der Waals surface area contributed by atoms with Crippen LogP contribution in [0, 0.1) is 6.92 Å². The van der Waals surface area contributed by atoms with Crippen LogP contribution in [0.1, 0.15) is 18.1 Å². The Morgan fingerprint density at radius 3 is 2.77 bits per heavy atom. The van der Waals surface area contributed by atoms with E-state index < -0.39 is 5.72 Å². The molecule has 4 nitrogen and oxygen atoms in total. The largest absolute Gasteiger partial charge is 0.370 e. The number of nitrogens with zero attached hydrogens (tertiary/aromatic N) is 2. The molecule has 1 aromatic heterocycles. The first-order valence-electron chi connectivity index (χ1n) is 7.32. The zero-order valence-corrected chi connectivity index (χ0v) is 12.5. The Balaban J connectivity index is 2.22. The Hall–Kier alpha value is -2.46. The van der Waals surface area contributed by atoms with Gasteiger partial charge in [-0.3, -0.25) is 9.36 Å². The lowest BCUT2D eigenvalue weighted by atomic mass is 9.93. The number of hydrogen-bond donors (Lipinski definition) is 1. The molecule has 1 aliphatic heterocycles. The molecule has 1 atom stereocenters. The van der Waals surface area contributed by atoms with Gasteiger partial charge >= 0.3 is 0 Å². The molecule has 4 heteroatoms. The van der Waals surface area contributed by atoms with Gasteiger partial charge in [0.1, 0.15) is 11.5 Å². The smallest absolute Gasteiger partial charge is 0.264 e. The molecule has 3 aromatic rings. The van der Waals surface area contributed by atoms with Crippen LogP contribution in [0.25, 0.3) is 22.3 Å². The van der Waals surface area contributed by atoms with Crippen LogP contribution < -0.4 is 5.56 Å². The van der Waals surface area contributed by atoms with Crippen molar-refractivity contribution in [1.82, 2.24) is 9.55 Å². The molecule has 1 unspecified atom stereocenters. The van der Waals surface area contributed by atoms with Crippen LogP contribution in [-0.4, -0.2) is 14.7 Å². The molecular weight excluding hydrogens is 276 g/mol. The van der Waals surface area contributed by atoms with E-state index in [1.54, 1.807) is 13.0 Å². The summed E-state index contributed by atoms with van der Waals surface area (Å²) in [5.41, 5.74) is 2.12. The van der Waals surface area contributed by atoms with E-state index in [0.29, 0.717) is 23.1 Å². The molecule has 0 fully saturated rings. The van der Waals surface area contributed by atoms with Crippen molar-refractivity contribution in [2.45, 2.75) is 26.0 Å². The highest BCUT2D eigenvalue weighted by molar-refractivity contribution is 5.83. The Bertz CT molecular complexity index is 970. The molecule has 0 saturated heterocycles. The van der Waals surface area contributed by atoms with Gasteiger partial charge in [0.25, 0.3) is 5.56 Å². The van der Waals surface area contributed by atoms with E-state index in [0.717, 1.165) is 16.7 Å². The summed E-state index contributed by atoms with van der Waals surface area (Å²) in [6.07, 6.45) is 0.398. The molecule has 0 bridgehead atoms. The van der Waals surface area contributed by atoms with E-state index in [1.807, 2.05) is 43.3 Å². The second-order valence-electron chi connectivity index (χ2n) is 6.10. The summed E-state index contributed by atoms with van der Waals surface area (Å²) in [5.74, 6) is 0.540. The lowest BCUT2D eigenvalue weighted by molar-refractivity contribution is -0.0225. The average Bonchev–Trinajstić information content (AvgIpc) is 2.47. The fourth-order valence-corrected chi connectivity index (χ4v) is 3.31. The third-order valence-corrected chi connectivity index (χ3v) is 4.37. The Labute approximate surface area is 127 Å². The highest BCUT2D eigenvalue weighted by atomic mass is 16.3. The van der Waals surface area contributed by atoms with E-state index in [-0.39, 0.29) is 5.56 Å². The third-order valence-electron chi connectivity index (χ3n) is 4.37. The minimum atomic E-state index is -1.27. The van der Waals surface area contributed by atoms with Crippen molar-refractivity contribution in [3.05, 3.63) is 63.9 Å². The van der Waals surface area contributed by atoms with E-state index in [2.05, 4.69) is 0 Å². The van der Waals surface area contributed by atoms with Gasteiger partial charge in [-0.2, -0.15) is 0 Å². The predicted octanol–water partition coefficient (Wildman–Crippen LogP) is 2.59. The zero-order valence-electron chi connectivity index (χ0n) is 12.5. The number of rotatable bonds is 0. The monoisotopic (exact) mass is 292 g/mol. The van der Waals surface area contributed by atoms with Gasteiger partial charge in [0.05, 0.1) is 10.9 Å². The van der Waals surface area contributed by atoms with Crippen molar-refractivity contribution in [2.75, 3.05) is 0 Å². The van der Waals surface area contributed by atoms with Crippen LogP contribution in [0.5, 0.6) is 0 Å². The molecule has 0 radical (unpaired) electrons. The summed E-state index contributed by atoms with van der Waals surface area (Å²) in [5, 5.41) is 11.4. The molecular formula is C18H16N2O2. The van der Waals surface area contributed by atoms with Crippen molar-refractivity contribution < 1.29 is 5.11 Å². The van der Waals surface area contributed by atoms with Crippen LogP contribution >= 0.6 is 0 Å². The molecule has 110 valence electrons. The molecule has 2 heterocycles. The number of benzene rings is 2. The van der Waals surface area contributed by atoms with Crippen LogP contribution in [0.15, 0.2) is 47.3 Å². The fraction of sp³-hybridized carbons (Fsp3) is 0.222. The van der Waals surface area contributed by atoms with Gasteiger partial charge < -0.3 is 5.11 Å². The lowest BCUT2D eigenvalue weighted by Crippen LogP contribution is -2.44. The van der Waals surface area contributed by atoms with Gasteiger partial charge in [-0.1, -0.05) is 36.4 Å². The molecule has 0 spiro atoms. The first-order chi connectivity index (χ1) is 10.5. The summed E-state index contributed by atoms with van der Waals surface area (Å²) in [6, 6.07) is 13.3. The van der Waals surface area contributed by atoms with Crippen molar-refractivity contribution in [3.63, 3.8) is 0 Å². The molecule has 1 N–H and O–H groups in total. The SMILES string of the molecule is Cc1cccc2c(=O)n3c(nc12)-c1ccccc1CC3(C)O. The van der Waals surface area contributed by atoms with E-state index in [4.69, 9.17) is 4.98 Å². The van der Waals surface area contributed by atoms with E-state index >= 15 is 0 Å². The summed E-state index contributed by atoms with van der Waals surface area (Å²) in [4.78, 5) is 17.6. The number of para-hydroxylation sites is 1. The summed E-state index contributed by atoms with van der Waals surface area (Å²) in [7, 11) is 0. The summed E-state index contributed by atoms with van der Waals surface area (Å²) < 4.78 is 1.43. The van der Waals surface area contributed by atoms with E-state index in [1.165, 1.54) is 4.57 Å². The lowest BCUT2D eigenvalue weighted by Gasteiger charge is -2.34. The molecule has 0 saturated carbocycles. The topological polar surface area (TPSA) is 55.1 Å².